The van der Waals surface area contributed by atoms with Gasteiger partial charge >= 0.3 is 5.97 Å². The molecule has 0 atom stereocenters. The van der Waals surface area contributed by atoms with Gasteiger partial charge in [0.1, 0.15) is 0 Å². The molecule has 0 saturated heterocycles. The highest BCUT2D eigenvalue weighted by Gasteiger charge is 1.99. The van der Waals surface area contributed by atoms with Crippen LogP contribution in [-0.2, 0) is 9.53 Å². The summed E-state index contributed by atoms with van der Waals surface area (Å²) in [4.78, 5) is 15.5. The van der Waals surface area contributed by atoms with E-state index in [1.165, 1.54) is 32.8 Å². The number of unbranched alkanes of at least 4 members (excludes halogenated alkanes) is 5. The normalized spacial score (nSPS) is 11.3. The molecule has 0 rings (SSSR count). The molecule has 5 nitrogen and oxygen atoms in total. The van der Waals surface area contributed by atoms with Gasteiger partial charge in [0.25, 0.3) is 0 Å². The van der Waals surface area contributed by atoms with Crippen LogP contribution in [0.2, 0.25) is 0 Å². The molecule has 124 valence electrons. The summed E-state index contributed by atoms with van der Waals surface area (Å²) < 4.78 is 4.61. The van der Waals surface area contributed by atoms with Crippen LogP contribution in [-0.4, -0.2) is 38.7 Å². The van der Waals surface area contributed by atoms with Crippen LogP contribution >= 0.6 is 0 Å². The maximum absolute atomic E-state index is 11.0. The average Bonchev–Trinajstić information content (AvgIpc) is 2.49. The van der Waals surface area contributed by atoms with Gasteiger partial charge in [-0.25, -0.2) is 0 Å². The molecular formula is C16H33N3O2. The molecule has 0 aliphatic carbocycles. The molecule has 0 spiro atoms. The Morgan fingerprint density at radius 1 is 1.00 bits per heavy atom. The first kappa shape index (κ1) is 19.7. The number of ether oxygens (including phenoxy) is 1. The molecule has 0 aliphatic rings. The number of nitrogens with one attached hydrogen (secondary N) is 2. The van der Waals surface area contributed by atoms with Crippen LogP contribution in [0.25, 0.3) is 0 Å². The lowest BCUT2D eigenvalue weighted by Crippen LogP contribution is -2.37. The van der Waals surface area contributed by atoms with E-state index in [2.05, 4.69) is 34.2 Å². The Morgan fingerprint density at radius 3 is 2.43 bits per heavy atom. The zero-order valence-corrected chi connectivity index (χ0v) is 14.0. The topological polar surface area (TPSA) is 62.7 Å². The number of carbonyl (C=O) groups excluding carboxylic acids is 1. The van der Waals surface area contributed by atoms with Crippen molar-refractivity contribution < 1.29 is 9.53 Å². The third kappa shape index (κ3) is 13.5. The van der Waals surface area contributed by atoms with Gasteiger partial charge in [-0.15, -0.1) is 0 Å². The SMILES string of the molecule is CCCCCCNC(=NCCCCCC(=O)OC)NCC. The maximum atomic E-state index is 11.0. The van der Waals surface area contributed by atoms with Gasteiger partial charge in [0, 0.05) is 26.1 Å². The van der Waals surface area contributed by atoms with E-state index < -0.39 is 0 Å². The summed E-state index contributed by atoms with van der Waals surface area (Å²) in [6.45, 7) is 6.95. The van der Waals surface area contributed by atoms with Crippen molar-refractivity contribution in [1.82, 2.24) is 10.6 Å². The van der Waals surface area contributed by atoms with Crippen LogP contribution in [0.5, 0.6) is 0 Å². The Labute approximate surface area is 129 Å². The zero-order valence-electron chi connectivity index (χ0n) is 14.0. The lowest BCUT2D eigenvalue weighted by Gasteiger charge is -2.11. The summed E-state index contributed by atoms with van der Waals surface area (Å²) in [5, 5.41) is 6.62. The molecule has 0 saturated carbocycles. The standard InChI is InChI=1S/C16H33N3O2/c1-4-6-7-10-13-18-16(17-5-2)19-14-11-8-9-12-15(20)21-3/h4-14H2,1-3H3,(H2,17,18,19). The molecule has 0 unspecified atom stereocenters. The number of methoxy groups -OCH3 is 1. The van der Waals surface area contributed by atoms with Crippen molar-refractivity contribution in [2.24, 2.45) is 4.99 Å². The fourth-order valence-electron chi connectivity index (χ4n) is 1.95. The van der Waals surface area contributed by atoms with Crippen molar-refractivity contribution >= 4 is 11.9 Å². The van der Waals surface area contributed by atoms with Crippen molar-refractivity contribution in [3.05, 3.63) is 0 Å². The van der Waals surface area contributed by atoms with E-state index in [0.29, 0.717) is 6.42 Å². The average molecular weight is 299 g/mol. The number of esters is 1. The van der Waals surface area contributed by atoms with Crippen LogP contribution in [0.3, 0.4) is 0 Å². The predicted octanol–water partition coefficient (Wildman–Crippen LogP) is 2.86. The highest BCUT2D eigenvalue weighted by molar-refractivity contribution is 5.79. The largest absolute Gasteiger partial charge is 0.469 e. The van der Waals surface area contributed by atoms with E-state index in [9.17, 15) is 4.79 Å². The molecule has 0 aromatic carbocycles. The number of rotatable bonds is 12. The first-order valence-corrected chi connectivity index (χ1v) is 8.33. The minimum absolute atomic E-state index is 0.124. The minimum atomic E-state index is -0.124. The van der Waals surface area contributed by atoms with E-state index in [-0.39, 0.29) is 5.97 Å². The Kier molecular flexibility index (Phi) is 14.2. The van der Waals surface area contributed by atoms with Gasteiger partial charge in [-0.2, -0.15) is 0 Å². The molecule has 0 aromatic heterocycles. The summed E-state index contributed by atoms with van der Waals surface area (Å²) in [5.74, 6) is 0.780. The fraction of sp³-hybridized carbons (Fsp3) is 0.875. The molecule has 0 amide bonds. The summed E-state index contributed by atoms with van der Waals surface area (Å²) >= 11 is 0. The number of guanidine groups is 1. The number of aliphatic imine (C=N–C) groups is 1. The van der Waals surface area contributed by atoms with Gasteiger partial charge in [-0.05, 0) is 26.2 Å². The third-order valence-electron chi connectivity index (χ3n) is 3.20. The van der Waals surface area contributed by atoms with Crippen molar-refractivity contribution in [3.8, 4) is 0 Å². The lowest BCUT2D eigenvalue weighted by atomic mass is 10.2. The monoisotopic (exact) mass is 299 g/mol. The van der Waals surface area contributed by atoms with E-state index in [4.69, 9.17) is 0 Å². The molecule has 0 radical (unpaired) electrons. The molecule has 0 aromatic rings. The Morgan fingerprint density at radius 2 is 1.76 bits per heavy atom. The molecule has 0 fully saturated rings. The van der Waals surface area contributed by atoms with E-state index in [0.717, 1.165) is 44.9 Å². The van der Waals surface area contributed by atoms with E-state index >= 15 is 0 Å². The van der Waals surface area contributed by atoms with Crippen molar-refractivity contribution in [1.29, 1.82) is 0 Å². The molecular weight excluding hydrogens is 266 g/mol. The van der Waals surface area contributed by atoms with Crippen LogP contribution < -0.4 is 10.6 Å². The molecule has 2 N–H and O–H groups in total. The third-order valence-corrected chi connectivity index (χ3v) is 3.20. The second kappa shape index (κ2) is 15.1. The number of hydrogen-bond donors (Lipinski definition) is 2. The van der Waals surface area contributed by atoms with Gasteiger partial charge in [0.05, 0.1) is 7.11 Å². The molecule has 0 bridgehead atoms. The molecule has 5 heteroatoms. The molecule has 0 aliphatic heterocycles. The fourth-order valence-corrected chi connectivity index (χ4v) is 1.95. The van der Waals surface area contributed by atoms with Crippen LogP contribution in [0.1, 0.15) is 65.2 Å². The Balaban J connectivity index is 3.70. The zero-order chi connectivity index (χ0) is 15.8. The first-order chi connectivity index (χ1) is 10.2. The number of nitrogens with zero attached hydrogens (tertiary/aromatic N) is 1. The van der Waals surface area contributed by atoms with Crippen molar-refractivity contribution in [2.75, 3.05) is 26.7 Å². The second-order valence-corrected chi connectivity index (χ2v) is 5.13. The van der Waals surface area contributed by atoms with Gasteiger partial charge in [-0.1, -0.05) is 32.6 Å². The van der Waals surface area contributed by atoms with Gasteiger partial charge in [0.2, 0.25) is 0 Å². The molecule has 0 heterocycles. The number of hydrogen-bond acceptors (Lipinski definition) is 3. The van der Waals surface area contributed by atoms with Crippen molar-refractivity contribution in [3.63, 3.8) is 0 Å². The van der Waals surface area contributed by atoms with Gasteiger partial charge in [-0.3, -0.25) is 9.79 Å². The van der Waals surface area contributed by atoms with E-state index in [1.807, 2.05) is 0 Å². The highest BCUT2D eigenvalue weighted by atomic mass is 16.5. The van der Waals surface area contributed by atoms with Gasteiger partial charge in [0.15, 0.2) is 5.96 Å². The summed E-state index contributed by atoms with van der Waals surface area (Å²) in [6.07, 6.45) is 8.43. The first-order valence-electron chi connectivity index (χ1n) is 8.33. The Hall–Kier alpha value is -1.26. The lowest BCUT2D eigenvalue weighted by molar-refractivity contribution is -0.140. The van der Waals surface area contributed by atoms with Crippen LogP contribution in [0.15, 0.2) is 4.99 Å². The Bertz CT molecular complexity index is 281. The van der Waals surface area contributed by atoms with E-state index in [1.54, 1.807) is 0 Å². The summed E-state index contributed by atoms with van der Waals surface area (Å²) in [5.41, 5.74) is 0. The second-order valence-electron chi connectivity index (χ2n) is 5.13. The summed E-state index contributed by atoms with van der Waals surface area (Å²) in [7, 11) is 1.43. The highest BCUT2D eigenvalue weighted by Crippen LogP contribution is 2.01. The number of carbonyl (C=O) groups is 1. The smallest absolute Gasteiger partial charge is 0.305 e. The maximum Gasteiger partial charge on any atom is 0.305 e. The molecule has 21 heavy (non-hydrogen) atoms. The summed E-state index contributed by atoms with van der Waals surface area (Å²) in [6, 6.07) is 0. The minimum Gasteiger partial charge on any atom is -0.469 e. The quantitative estimate of drug-likeness (QED) is 0.252. The van der Waals surface area contributed by atoms with Crippen LogP contribution in [0.4, 0.5) is 0 Å². The predicted molar refractivity (Wildman–Crippen MR) is 88.6 cm³/mol. The van der Waals surface area contributed by atoms with Crippen LogP contribution in [0, 0.1) is 0 Å². The van der Waals surface area contributed by atoms with Crippen molar-refractivity contribution in [2.45, 2.75) is 65.2 Å². The van der Waals surface area contributed by atoms with Gasteiger partial charge < -0.3 is 15.4 Å².